The van der Waals surface area contributed by atoms with Crippen molar-refractivity contribution in [3.63, 3.8) is 0 Å². The Hall–Kier alpha value is -6.05. The van der Waals surface area contributed by atoms with Gasteiger partial charge in [-0.05, 0) is 0 Å². The number of aliphatic imine (C=N–C) groups is 1. The van der Waals surface area contributed by atoms with Gasteiger partial charge in [-0.25, -0.2) is 0 Å². The van der Waals surface area contributed by atoms with Gasteiger partial charge in [-0.15, -0.1) is 0 Å². The van der Waals surface area contributed by atoms with E-state index in [1.54, 1.807) is 0 Å². The Labute approximate surface area is 313 Å². The van der Waals surface area contributed by atoms with E-state index in [9.17, 15) is 0 Å². The number of aromatic nitrogens is 1. The molecule has 1 aromatic heterocycles. The fourth-order valence-corrected chi connectivity index (χ4v) is 10.1. The number of amidine groups is 1. The molecule has 0 saturated heterocycles. The molecule has 0 fully saturated rings. The zero-order valence-corrected chi connectivity index (χ0v) is 30.3. The van der Waals surface area contributed by atoms with Crippen LogP contribution < -0.4 is 26.2 Å². The van der Waals surface area contributed by atoms with Gasteiger partial charge in [0.2, 0.25) is 0 Å². The Morgan fingerprint density at radius 1 is 0.519 bits per heavy atom. The molecule has 0 unspecified atom stereocenters. The van der Waals surface area contributed by atoms with E-state index in [0.29, 0.717) is 0 Å². The van der Waals surface area contributed by atoms with Crippen LogP contribution in [-0.4, -0.2) is 16.9 Å². The van der Waals surface area contributed by atoms with Crippen molar-refractivity contribution in [2.24, 2.45) is 4.99 Å². The predicted molar refractivity (Wildman–Crippen MR) is 207 cm³/mol. The molecule has 0 atom stereocenters. The summed E-state index contributed by atoms with van der Waals surface area (Å²) in [6.45, 7) is 0.793. The van der Waals surface area contributed by atoms with Gasteiger partial charge in [0.25, 0.3) is 0 Å². The van der Waals surface area contributed by atoms with Gasteiger partial charge in [0.05, 0.1) is 0 Å². The molecule has 3 heterocycles. The average molecular weight is 782 g/mol. The SMILES string of the molecule is c1ccc(C2=NC(c3ccccc3)=[N+](Cc3ccc(-n4c5c(c6cccc(-c7ccccc7)c64)-c4ccccc4Oc4ccccc4-5)cc3)[I-]2)cc1. The van der Waals surface area contributed by atoms with Crippen LogP contribution in [0, 0.1) is 0 Å². The molecule has 0 saturated carbocycles. The van der Waals surface area contributed by atoms with Crippen molar-refractivity contribution in [1.82, 2.24) is 4.57 Å². The van der Waals surface area contributed by atoms with Crippen molar-refractivity contribution >= 4 is 20.5 Å². The second-order valence-corrected chi connectivity index (χ2v) is 15.6. The number of para-hydroxylation sites is 3. The van der Waals surface area contributed by atoms with Crippen LogP contribution in [0.2, 0.25) is 0 Å². The van der Waals surface area contributed by atoms with E-state index in [1.807, 2.05) is 0 Å². The topological polar surface area (TPSA) is 29.5 Å². The first-order valence-electron chi connectivity index (χ1n) is 17.5. The van der Waals surface area contributed by atoms with Crippen molar-refractivity contribution in [1.29, 1.82) is 0 Å². The van der Waals surface area contributed by atoms with Crippen LogP contribution in [0.25, 0.3) is 50.1 Å². The van der Waals surface area contributed by atoms with Crippen LogP contribution in [0.3, 0.4) is 0 Å². The third-order valence-corrected chi connectivity index (χ3v) is 12.5. The van der Waals surface area contributed by atoms with E-state index >= 15 is 0 Å². The molecule has 0 spiro atoms. The van der Waals surface area contributed by atoms with Gasteiger partial charge in [-0.1, -0.05) is 12.1 Å². The Morgan fingerprint density at radius 2 is 1.10 bits per heavy atom. The van der Waals surface area contributed by atoms with E-state index in [0.717, 1.165) is 52.0 Å². The Bertz CT molecular complexity index is 2680. The zero-order valence-electron chi connectivity index (χ0n) is 28.2. The normalized spacial score (nSPS) is 13.3. The molecule has 0 bridgehead atoms. The molecule has 7 aromatic carbocycles. The number of rotatable bonds is 6. The summed E-state index contributed by atoms with van der Waals surface area (Å²) >= 11 is -0.497. The second kappa shape index (κ2) is 12.9. The summed E-state index contributed by atoms with van der Waals surface area (Å²) in [7, 11) is 0. The molecule has 0 amide bonds. The predicted octanol–water partition coefficient (Wildman–Crippen LogP) is 8.16. The van der Waals surface area contributed by atoms with E-state index < -0.39 is 21.5 Å². The van der Waals surface area contributed by atoms with Gasteiger partial charge in [-0.2, -0.15) is 0 Å². The average Bonchev–Trinajstić information content (AvgIpc) is 3.75. The molecule has 5 heteroatoms. The standard InChI is InChI=1S/C47H32IN3O/c1-4-15-33(16-5-1)37-23-14-24-40-43-38-21-10-12-25-41(38)52-42-26-13-11-22-39(42)45(43)51(44(37)40)36-29-27-32(28-30-36)31-50-47(35-19-8-3-9-20-35)49-46(48-50)34-17-6-2-7-18-34/h1-30H,31H2. The van der Waals surface area contributed by atoms with Crippen LogP contribution in [-0.2, 0) is 6.54 Å². The van der Waals surface area contributed by atoms with Gasteiger partial charge in [-0.3, -0.25) is 0 Å². The van der Waals surface area contributed by atoms with Crippen molar-refractivity contribution in [3.05, 3.63) is 199 Å². The molecule has 4 nitrogen and oxygen atoms in total. The second-order valence-electron chi connectivity index (χ2n) is 13.0. The maximum absolute atomic E-state index is 6.65. The fraction of sp³-hybridized carbons (Fsp3) is 0.0213. The summed E-state index contributed by atoms with van der Waals surface area (Å²) in [5, 5.41) is 1.20. The molecule has 248 valence electrons. The van der Waals surface area contributed by atoms with E-state index in [1.165, 1.54) is 42.4 Å². The first-order chi connectivity index (χ1) is 25.8. The van der Waals surface area contributed by atoms with Crippen molar-refractivity contribution in [2.75, 3.05) is 0 Å². The monoisotopic (exact) mass is 781 g/mol. The fourth-order valence-electron chi connectivity index (χ4n) is 7.41. The van der Waals surface area contributed by atoms with Crippen LogP contribution in [0.4, 0.5) is 0 Å². The molecular weight excluding hydrogens is 749 g/mol. The van der Waals surface area contributed by atoms with Crippen LogP contribution >= 0.6 is 0 Å². The Kier molecular flexibility index (Phi) is 7.64. The van der Waals surface area contributed by atoms with Gasteiger partial charge in [0.15, 0.2) is 0 Å². The molecule has 10 rings (SSSR count). The number of hydrogen-bond acceptors (Lipinski definition) is 2. The van der Waals surface area contributed by atoms with Gasteiger partial charge in [0.1, 0.15) is 0 Å². The molecule has 52 heavy (non-hydrogen) atoms. The number of ether oxygens (including phenoxy) is 1. The molecule has 2 aliphatic heterocycles. The third kappa shape index (κ3) is 5.28. The number of benzene rings is 7. The summed E-state index contributed by atoms with van der Waals surface area (Å²) in [4.78, 5) is 5.23. The summed E-state index contributed by atoms with van der Waals surface area (Å²) in [5.41, 5.74) is 12.8. The van der Waals surface area contributed by atoms with Gasteiger partial charge < -0.3 is 0 Å². The van der Waals surface area contributed by atoms with Gasteiger partial charge >= 0.3 is 303 Å². The van der Waals surface area contributed by atoms with Crippen molar-refractivity contribution in [2.45, 2.75) is 6.54 Å². The minimum absolute atomic E-state index is 0.497. The van der Waals surface area contributed by atoms with Crippen LogP contribution in [0.1, 0.15) is 16.7 Å². The maximum atomic E-state index is 6.65. The van der Waals surface area contributed by atoms with Crippen LogP contribution in [0.5, 0.6) is 11.5 Å². The number of nitrogens with zero attached hydrogens (tertiary/aromatic N) is 3. The Balaban J connectivity index is 1.14. The zero-order chi connectivity index (χ0) is 34.4. The first-order valence-corrected chi connectivity index (χ1v) is 19.5. The number of halogens is 1. The van der Waals surface area contributed by atoms with Crippen LogP contribution in [0.15, 0.2) is 187 Å². The van der Waals surface area contributed by atoms with E-state index in [4.69, 9.17) is 9.73 Å². The minimum atomic E-state index is -0.497. The summed E-state index contributed by atoms with van der Waals surface area (Å²) < 4.78 is 12.8. The Morgan fingerprint density at radius 3 is 1.81 bits per heavy atom. The number of hydrogen-bond donors (Lipinski definition) is 0. The molecule has 0 N–H and O–H groups in total. The summed E-state index contributed by atoms with van der Waals surface area (Å²) in [6.07, 6.45) is 0. The summed E-state index contributed by atoms with van der Waals surface area (Å²) in [5.74, 6) is 2.78. The van der Waals surface area contributed by atoms with E-state index in [-0.39, 0.29) is 0 Å². The molecule has 8 aromatic rings. The third-order valence-electron chi connectivity index (χ3n) is 9.77. The molecule has 2 aliphatic rings. The van der Waals surface area contributed by atoms with E-state index in [2.05, 4.69) is 189 Å². The molecular formula is C47H32IN3O. The molecule has 0 radical (unpaired) electrons. The van der Waals surface area contributed by atoms with Crippen molar-refractivity contribution < 1.29 is 29.0 Å². The summed E-state index contributed by atoms with van der Waals surface area (Å²) in [6, 6.07) is 64.6. The van der Waals surface area contributed by atoms with Crippen molar-refractivity contribution in [3.8, 4) is 50.7 Å². The quantitative estimate of drug-likeness (QED) is 0.124. The van der Waals surface area contributed by atoms with Gasteiger partial charge in [0, 0.05) is 0 Å². The molecule has 0 aliphatic carbocycles. The first kappa shape index (κ1) is 30.7. The number of fused-ring (bicyclic) bond motifs is 7.